The van der Waals surface area contributed by atoms with Crippen molar-refractivity contribution in [1.82, 2.24) is 5.32 Å². The second-order valence-corrected chi connectivity index (χ2v) is 6.03. The van der Waals surface area contributed by atoms with Crippen molar-refractivity contribution in [2.24, 2.45) is 5.92 Å². The summed E-state index contributed by atoms with van der Waals surface area (Å²) in [5.74, 6) is 0.580. The third-order valence-electron chi connectivity index (χ3n) is 4.34. The molecule has 0 radical (unpaired) electrons. The van der Waals surface area contributed by atoms with E-state index in [-0.39, 0.29) is 5.82 Å². The van der Waals surface area contributed by atoms with E-state index >= 15 is 0 Å². The molecule has 1 heterocycles. The van der Waals surface area contributed by atoms with Gasteiger partial charge in [0, 0.05) is 30.9 Å². The lowest BCUT2D eigenvalue weighted by Gasteiger charge is -2.39. The van der Waals surface area contributed by atoms with Gasteiger partial charge in [-0.25, -0.2) is 4.39 Å². The van der Waals surface area contributed by atoms with Gasteiger partial charge in [0.15, 0.2) is 0 Å². The molecule has 1 saturated carbocycles. The first kappa shape index (κ1) is 12.9. The minimum Gasteiger partial charge on any atom is -0.370 e. The van der Waals surface area contributed by atoms with E-state index in [1.807, 2.05) is 12.1 Å². The molecule has 1 N–H and O–H groups in total. The fourth-order valence-corrected chi connectivity index (χ4v) is 3.09. The molecule has 1 aliphatic heterocycles. The predicted molar refractivity (Wildman–Crippen MR) is 77.0 cm³/mol. The molecule has 1 saturated heterocycles. The van der Waals surface area contributed by atoms with Crippen LogP contribution in [0.2, 0.25) is 0 Å². The number of benzene rings is 1. The van der Waals surface area contributed by atoms with Crippen LogP contribution in [0.5, 0.6) is 0 Å². The van der Waals surface area contributed by atoms with Crippen molar-refractivity contribution in [3.8, 4) is 0 Å². The number of hydrogen-bond donors (Lipinski definition) is 1. The van der Waals surface area contributed by atoms with Crippen molar-refractivity contribution >= 4 is 5.69 Å². The van der Waals surface area contributed by atoms with Crippen LogP contribution < -0.4 is 10.2 Å². The lowest BCUT2D eigenvalue weighted by molar-refractivity contribution is 0.325. The van der Waals surface area contributed by atoms with Crippen LogP contribution in [0.25, 0.3) is 0 Å². The molecule has 104 valence electrons. The molecule has 19 heavy (non-hydrogen) atoms. The smallest absolute Gasteiger partial charge is 0.125 e. The molecule has 1 aromatic rings. The summed E-state index contributed by atoms with van der Waals surface area (Å²) in [6.45, 7) is 4.33. The third-order valence-corrected chi connectivity index (χ3v) is 4.34. The minimum absolute atomic E-state index is 0.136. The molecule has 0 aromatic heterocycles. The average molecular weight is 262 g/mol. The summed E-state index contributed by atoms with van der Waals surface area (Å²) in [6, 6.07) is 8.32. The number of halogens is 1. The van der Waals surface area contributed by atoms with Crippen molar-refractivity contribution in [2.45, 2.75) is 44.7 Å². The third kappa shape index (κ3) is 3.27. The second kappa shape index (κ2) is 5.49. The molecule has 2 unspecified atom stereocenters. The van der Waals surface area contributed by atoms with E-state index in [9.17, 15) is 4.39 Å². The van der Waals surface area contributed by atoms with Crippen LogP contribution in [0.1, 0.15) is 32.6 Å². The maximum atomic E-state index is 13.4. The van der Waals surface area contributed by atoms with Gasteiger partial charge < -0.3 is 10.2 Å². The van der Waals surface area contributed by atoms with E-state index in [2.05, 4.69) is 17.1 Å². The highest BCUT2D eigenvalue weighted by Gasteiger charge is 2.31. The Morgan fingerprint density at radius 1 is 1.26 bits per heavy atom. The molecule has 3 heteroatoms. The van der Waals surface area contributed by atoms with Crippen LogP contribution in [-0.4, -0.2) is 25.2 Å². The Morgan fingerprint density at radius 2 is 2.11 bits per heavy atom. The van der Waals surface area contributed by atoms with Crippen molar-refractivity contribution < 1.29 is 4.39 Å². The molecule has 2 aliphatic rings. The van der Waals surface area contributed by atoms with Gasteiger partial charge in [-0.2, -0.15) is 0 Å². The Hall–Kier alpha value is -1.09. The summed E-state index contributed by atoms with van der Waals surface area (Å²) in [5, 5.41) is 3.74. The van der Waals surface area contributed by atoms with E-state index in [0.717, 1.165) is 24.8 Å². The zero-order valence-electron chi connectivity index (χ0n) is 11.6. The molecule has 2 atom stereocenters. The van der Waals surface area contributed by atoms with Crippen molar-refractivity contribution in [2.75, 3.05) is 18.0 Å². The zero-order valence-corrected chi connectivity index (χ0v) is 11.6. The average Bonchev–Trinajstić information content (AvgIpc) is 3.22. The second-order valence-electron chi connectivity index (χ2n) is 6.03. The van der Waals surface area contributed by atoms with Gasteiger partial charge in [-0.15, -0.1) is 0 Å². The molecule has 2 nitrogen and oxygen atoms in total. The van der Waals surface area contributed by atoms with E-state index in [1.54, 1.807) is 6.07 Å². The monoisotopic (exact) mass is 262 g/mol. The molecule has 3 rings (SSSR count). The van der Waals surface area contributed by atoms with Gasteiger partial charge in [0.2, 0.25) is 0 Å². The largest absolute Gasteiger partial charge is 0.370 e. The Kier molecular flexibility index (Phi) is 3.74. The summed E-state index contributed by atoms with van der Waals surface area (Å²) in [5.41, 5.74) is 1.03. The normalized spacial score (nSPS) is 27.6. The molecular weight excluding hydrogens is 239 g/mol. The minimum atomic E-state index is -0.136. The Morgan fingerprint density at radius 3 is 2.79 bits per heavy atom. The maximum absolute atomic E-state index is 13.4. The van der Waals surface area contributed by atoms with Crippen LogP contribution in [0.4, 0.5) is 10.1 Å². The Balaban J connectivity index is 1.71. The van der Waals surface area contributed by atoms with Gasteiger partial charge in [-0.05, 0) is 43.4 Å². The highest BCUT2D eigenvalue weighted by molar-refractivity contribution is 5.47. The summed E-state index contributed by atoms with van der Waals surface area (Å²) in [7, 11) is 0. The first-order valence-corrected chi connectivity index (χ1v) is 7.51. The summed E-state index contributed by atoms with van der Waals surface area (Å²) in [4.78, 5) is 2.35. The van der Waals surface area contributed by atoms with Crippen LogP contribution in [0.15, 0.2) is 24.3 Å². The van der Waals surface area contributed by atoms with Gasteiger partial charge in [0.25, 0.3) is 0 Å². The molecule has 1 aliphatic carbocycles. The number of nitrogens with one attached hydrogen (secondary N) is 1. The fourth-order valence-electron chi connectivity index (χ4n) is 3.09. The van der Waals surface area contributed by atoms with Gasteiger partial charge >= 0.3 is 0 Å². The van der Waals surface area contributed by atoms with Crippen molar-refractivity contribution in [1.29, 1.82) is 0 Å². The van der Waals surface area contributed by atoms with Crippen LogP contribution >= 0.6 is 0 Å². The van der Waals surface area contributed by atoms with Crippen molar-refractivity contribution in [3.05, 3.63) is 30.1 Å². The van der Waals surface area contributed by atoms with E-state index in [0.29, 0.717) is 12.0 Å². The van der Waals surface area contributed by atoms with Crippen LogP contribution in [0, 0.1) is 11.7 Å². The predicted octanol–water partition coefficient (Wildman–Crippen LogP) is 3.18. The van der Waals surface area contributed by atoms with Crippen LogP contribution in [0.3, 0.4) is 0 Å². The molecule has 2 fully saturated rings. The van der Waals surface area contributed by atoms with Gasteiger partial charge in [-0.1, -0.05) is 19.4 Å². The summed E-state index contributed by atoms with van der Waals surface area (Å²) < 4.78 is 13.4. The number of hydrogen-bond acceptors (Lipinski definition) is 2. The topological polar surface area (TPSA) is 15.3 Å². The van der Waals surface area contributed by atoms with Gasteiger partial charge in [0.1, 0.15) is 5.82 Å². The molecule has 1 aromatic carbocycles. The van der Waals surface area contributed by atoms with Gasteiger partial charge in [0.05, 0.1) is 0 Å². The first-order chi connectivity index (χ1) is 9.24. The number of piperidine rings is 1. The van der Waals surface area contributed by atoms with Crippen molar-refractivity contribution in [3.63, 3.8) is 0 Å². The fraction of sp³-hybridized carbons (Fsp3) is 0.625. The SMILES string of the molecule is CCC1CC(NC2CC2)CN(c2cccc(F)c2)C1. The molecular formula is C16H23FN2. The Labute approximate surface area is 115 Å². The highest BCUT2D eigenvalue weighted by Crippen LogP contribution is 2.28. The molecule has 0 amide bonds. The quantitative estimate of drug-likeness (QED) is 0.896. The highest BCUT2D eigenvalue weighted by atomic mass is 19.1. The Bertz CT molecular complexity index is 431. The van der Waals surface area contributed by atoms with Crippen LogP contribution in [-0.2, 0) is 0 Å². The number of rotatable bonds is 4. The van der Waals surface area contributed by atoms with E-state index in [4.69, 9.17) is 0 Å². The first-order valence-electron chi connectivity index (χ1n) is 7.51. The standard InChI is InChI=1S/C16H23FN2/c1-2-12-8-15(18-14-6-7-14)11-19(10-12)16-5-3-4-13(17)9-16/h3-5,9,12,14-15,18H,2,6-8,10-11H2,1H3. The molecule has 0 spiro atoms. The van der Waals surface area contributed by atoms with E-state index in [1.165, 1.54) is 31.7 Å². The zero-order chi connectivity index (χ0) is 13.2. The lowest BCUT2D eigenvalue weighted by Crippen LogP contribution is -2.50. The lowest BCUT2D eigenvalue weighted by atomic mass is 9.91. The summed E-state index contributed by atoms with van der Waals surface area (Å²) in [6.07, 6.45) is 5.12. The van der Waals surface area contributed by atoms with Gasteiger partial charge in [-0.3, -0.25) is 0 Å². The summed E-state index contributed by atoms with van der Waals surface area (Å²) >= 11 is 0. The number of nitrogens with zero attached hydrogens (tertiary/aromatic N) is 1. The number of anilines is 1. The molecule has 0 bridgehead atoms. The van der Waals surface area contributed by atoms with E-state index < -0.39 is 0 Å². The maximum Gasteiger partial charge on any atom is 0.125 e.